The minimum atomic E-state index is 0.259. The third-order valence-electron chi connectivity index (χ3n) is 1.89. The summed E-state index contributed by atoms with van der Waals surface area (Å²) in [6.45, 7) is 6.98. The predicted molar refractivity (Wildman–Crippen MR) is 47.1 cm³/mol. The van der Waals surface area contributed by atoms with Crippen molar-refractivity contribution in [3.63, 3.8) is 0 Å². The standard InChI is InChI=1S/C8H20N2O/c1-4-7(10-9)8(5-2)11-6-3/h7-8,10H,4-6,9H2,1-3H3. The van der Waals surface area contributed by atoms with Gasteiger partial charge in [-0.2, -0.15) is 0 Å². The zero-order valence-electron chi connectivity index (χ0n) is 7.76. The number of hydrazine groups is 1. The molecule has 0 saturated heterocycles. The number of hydrogen-bond donors (Lipinski definition) is 2. The maximum atomic E-state index is 5.49. The molecule has 0 aliphatic heterocycles. The first kappa shape index (κ1) is 10.9. The molecule has 11 heavy (non-hydrogen) atoms. The highest BCUT2D eigenvalue weighted by Gasteiger charge is 2.16. The summed E-state index contributed by atoms with van der Waals surface area (Å²) in [5.41, 5.74) is 2.76. The van der Waals surface area contributed by atoms with Crippen LogP contribution in [-0.2, 0) is 4.74 Å². The van der Waals surface area contributed by atoms with Crippen molar-refractivity contribution in [1.82, 2.24) is 5.43 Å². The summed E-state index contributed by atoms with van der Waals surface area (Å²) in [5.74, 6) is 5.36. The van der Waals surface area contributed by atoms with Crippen molar-refractivity contribution in [1.29, 1.82) is 0 Å². The van der Waals surface area contributed by atoms with E-state index < -0.39 is 0 Å². The number of hydrogen-bond acceptors (Lipinski definition) is 3. The lowest BCUT2D eigenvalue weighted by Gasteiger charge is -2.23. The van der Waals surface area contributed by atoms with Gasteiger partial charge in [-0.1, -0.05) is 13.8 Å². The molecule has 0 aliphatic rings. The van der Waals surface area contributed by atoms with Gasteiger partial charge in [0.05, 0.1) is 6.10 Å². The van der Waals surface area contributed by atoms with Crippen LogP contribution in [0.25, 0.3) is 0 Å². The smallest absolute Gasteiger partial charge is 0.0738 e. The van der Waals surface area contributed by atoms with Crippen LogP contribution in [0.2, 0.25) is 0 Å². The topological polar surface area (TPSA) is 47.3 Å². The van der Waals surface area contributed by atoms with E-state index in [-0.39, 0.29) is 6.10 Å². The van der Waals surface area contributed by atoms with Crippen molar-refractivity contribution in [2.24, 2.45) is 5.84 Å². The van der Waals surface area contributed by atoms with Crippen LogP contribution in [0.15, 0.2) is 0 Å². The van der Waals surface area contributed by atoms with Gasteiger partial charge in [-0.25, -0.2) is 0 Å². The zero-order chi connectivity index (χ0) is 8.69. The highest BCUT2D eigenvalue weighted by Crippen LogP contribution is 2.06. The first-order valence-electron chi connectivity index (χ1n) is 4.37. The Labute approximate surface area is 69.3 Å². The minimum Gasteiger partial charge on any atom is -0.377 e. The molecule has 0 aromatic carbocycles. The van der Waals surface area contributed by atoms with Crippen LogP contribution >= 0.6 is 0 Å². The van der Waals surface area contributed by atoms with Crippen molar-refractivity contribution in [3.8, 4) is 0 Å². The Hall–Kier alpha value is -0.120. The summed E-state index contributed by atoms with van der Waals surface area (Å²) in [6, 6.07) is 0.292. The molecule has 0 aromatic heterocycles. The molecule has 3 heteroatoms. The van der Waals surface area contributed by atoms with Crippen LogP contribution in [-0.4, -0.2) is 18.8 Å². The molecule has 0 saturated carbocycles. The molecule has 0 fully saturated rings. The lowest BCUT2D eigenvalue weighted by molar-refractivity contribution is 0.0309. The van der Waals surface area contributed by atoms with Crippen molar-refractivity contribution in [3.05, 3.63) is 0 Å². The zero-order valence-corrected chi connectivity index (χ0v) is 7.76. The summed E-state index contributed by atoms with van der Waals surface area (Å²) in [6.07, 6.45) is 2.28. The van der Waals surface area contributed by atoms with Crippen LogP contribution in [0, 0.1) is 0 Å². The number of nitrogens with two attached hydrogens (primary N) is 1. The van der Waals surface area contributed by atoms with E-state index in [4.69, 9.17) is 10.6 Å². The molecule has 2 unspecified atom stereocenters. The summed E-state index contributed by atoms with van der Waals surface area (Å²) in [7, 11) is 0. The van der Waals surface area contributed by atoms with Crippen LogP contribution in [0.3, 0.4) is 0 Å². The van der Waals surface area contributed by atoms with Gasteiger partial charge in [0.25, 0.3) is 0 Å². The SMILES string of the molecule is CCOC(CC)C(CC)NN. The van der Waals surface area contributed by atoms with Crippen molar-refractivity contribution in [2.75, 3.05) is 6.61 Å². The number of rotatable bonds is 6. The fourth-order valence-electron chi connectivity index (χ4n) is 1.22. The Morgan fingerprint density at radius 3 is 2.18 bits per heavy atom. The van der Waals surface area contributed by atoms with Crippen LogP contribution < -0.4 is 11.3 Å². The highest BCUT2D eigenvalue weighted by molar-refractivity contribution is 4.71. The molecule has 68 valence electrons. The van der Waals surface area contributed by atoms with Gasteiger partial charge < -0.3 is 4.74 Å². The first-order valence-corrected chi connectivity index (χ1v) is 4.37. The Morgan fingerprint density at radius 2 is 1.91 bits per heavy atom. The number of nitrogens with one attached hydrogen (secondary N) is 1. The van der Waals surface area contributed by atoms with Crippen LogP contribution in [0.5, 0.6) is 0 Å². The Kier molecular flexibility index (Phi) is 6.51. The maximum Gasteiger partial charge on any atom is 0.0738 e. The van der Waals surface area contributed by atoms with E-state index in [2.05, 4.69) is 19.3 Å². The van der Waals surface area contributed by atoms with Gasteiger partial charge in [0.1, 0.15) is 0 Å². The Morgan fingerprint density at radius 1 is 1.27 bits per heavy atom. The van der Waals surface area contributed by atoms with Gasteiger partial charge in [-0.15, -0.1) is 0 Å². The number of ether oxygens (including phenoxy) is 1. The molecule has 2 atom stereocenters. The van der Waals surface area contributed by atoms with E-state index in [0.29, 0.717) is 6.04 Å². The van der Waals surface area contributed by atoms with Crippen molar-refractivity contribution >= 4 is 0 Å². The normalized spacial score (nSPS) is 16.4. The predicted octanol–water partition coefficient (Wildman–Crippen LogP) is 1.04. The molecule has 0 spiro atoms. The second kappa shape index (κ2) is 6.58. The van der Waals surface area contributed by atoms with Gasteiger partial charge in [0.15, 0.2) is 0 Å². The summed E-state index contributed by atoms with van der Waals surface area (Å²) < 4.78 is 5.49. The maximum absolute atomic E-state index is 5.49. The quantitative estimate of drug-likeness (QED) is 0.451. The summed E-state index contributed by atoms with van der Waals surface area (Å²) in [4.78, 5) is 0. The van der Waals surface area contributed by atoms with Gasteiger partial charge >= 0.3 is 0 Å². The van der Waals surface area contributed by atoms with Gasteiger partial charge in [0, 0.05) is 12.6 Å². The van der Waals surface area contributed by atoms with E-state index in [1.807, 2.05) is 6.92 Å². The van der Waals surface area contributed by atoms with E-state index in [9.17, 15) is 0 Å². The fraction of sp³-hybridized carbons (Fsp3) is 1.00. The molecule has 0 amide bonds. The first-order chi connectivity index (χ1) is 5.29. The molecule has 0 aliphatic carbocycles. The highest BCUT2D eigenvalue weighted by atomic mass is 16.5. The molecule has 3 nitrogen and oxygen atoms in total. The lowest BCUT2D eigenvalue weighted by Crippen LogP contribution is -2.44. The second-order valence-electron chi connectivity index (χ2n) is 2.58. The molecular formula is C8H20N2O. The van der Waals surface area contributed by atoms with E-state index >= 15 is 0 Å². The Bertz CT molecular complexity index is 84.2. The van der Waals surface area contributed by atoms with E-state index in [1.54, 1.807) is 0 Å². The van der Waals surface area contributed by atoms with Gasteiger partial charge in [0.2, 0.25) is 0 Å². The molecular weight excluding hydrogens is 140 g/mol. The van der Waals surface area contributed by atoms with Gasteiger partial charge in [-0.3, -0.25) is 11.3 Å². The molecule has 0 aromatic rings. The fourth-order valence-corrected chi connectivity index (χ4v) is 1.22. The molecule has 3 N–H and O–H groups in total. The van der Waals surface area contributed by atoms with E-state index in [0.717, 1.165) is 19.4 Å². The average Bonchev–Trinajstić information content (AvgIpc) is 2.05. The third-order valence-corrected chi connectivity index (χ3v) is 1.89. The molecule has 0 heterocycles. The van der Waals surface area contributed by atoms with Gasteiger partial charge in [-0.05, 0) is 19.8 Å². The Balaban J connectivity index is 3.76. The largest absolute Gasteiger partial charge is 0.377 e. The van der Waals surface area contributed by atoms with Crippen LogP contribution in [0.1, 0.15) is 33.6 Å². The summed E-state index contributed by atoms with van der Waals surface area (Å²) >= 11 is 0. The third kappa shape index (κ3) is 3.70. The minimum absolute atomic E-state index is 0.259. The molecule has 0 rings (SSSR count). The second-order valence-corrected chi connectivity index (χ2v) is 2.58. The average molecular weight is 160 g/mol. The molecule has 0 radical (unpaired) electrons. The van der Waals surface area contributed by atoms with Crippen molar-refractivity contribution in [2.45, 2.75) is 45.8 Å². The van der Waals surface area contributed by atoms with Crippen LogP contribution in [0.4, 0.5) is 0 Å². The lowest BCUT2D eigenvalue weighted by atomic mass is 10.1. The summed E-state index contributed by atoms with van der Waals surface area (Å²) in [5, 5.41) is 0. The van der Waals surface area contributed by atoms with Crippen molar-refractivity contribution < 1.29 is 4.74 Å². The monoisotopic (exact) mass is 160 g/mol. The van der Waals surface area contributed by atoms with E-state index in [1.165, 1.54) is 0 Å². The molecule has 0 bridgehead atoms.